The molecule has 0 unspecified atom stereocenters. The summed E-state index contributed by atoms with van der Waals surface area (Å²) in [7, 11) is 0. The first kappa shape index (κ1) is 17.0. The fourth-order valence-corrected chi connectivity index (χ4v) is 3.50. The van der Waals surface area contributed by atoms with Gasteiger partial charge in [-0.1, -0.05) is 30.3 Å². The Bertz CT molecular complexity index is 1250. The maximum absolute atomic E-state index is 6.04. The van der Waals surface area contributed by atoms with Gasteiger partial charge in [0.15, 0.2) is 5.11 Å². The van der Waals surface area contributed by atoms with Crippen molar-refractivity contribution in [1.29, 1.82) is 0 Å². The number of rotatable bonds is 3. The zero-order valence-corrected chi connectivity index (χ0v) is 16.2. The zero-order chi connectivity index (χ0) is 19.1. The number of aryl methyl sites for hydroxylation is 1. The third-order valence-electron chi connectivity index (χ3n) is 4.91. The summed E-state index contributed by atoms with van der Waals surface area (Å²) in [6.45, 7) is 2.04. The lowest BCUT2D eigenvalue weighted by atomic mass is 10.0. The molecule has 2 heterocycles. The van der Waals surface area contributed by atoms with Gasteiger partial charge in [-0.3, -0.25) is 5.43 Å². The lowest BCUT2D eigenvalue weighted by molar-refractivity contribution is 0.529. The second kappa shape index (κ2) is 6.80. The summed E-state index contributed by atoms with van der Waals surface area (Å²) in [5.74, 6) is 0. The summed E-state index contributed by atoms with van der Waals surface area (Å²) in [5, 5.41) is 10.2. The highest BCUT2D eigenvalue weighted by Crippen LogP contribution is 2.32. The number of hydrogen-bond acceptors (Lipinski definition) is 4. The largest absolute Gasteiger partial charge is 0.464 e. The minimum absolute atomic E-state index is 0.453. The molecule has 140 valence electrons. The molecule has 28 heavy (non-hydrogen) atoms. The van der Waals surface area contributed by atoms with Gasteiger partial charge in [0.25, 0.3) is 0 Å². The molecule has 2 N–H and O–H groups in total. The number of fused-ring (bicyclic) bond motifs is 2. The Balaban J connectivity index is 1.67. The van der Waals surface area contributed by atoms with Gasteiger partial charge in [0.1, 0.15) is 11.2 Å². The van der Waals surface area contributed by atoms with Crippen molar-refractivity contribution < 1.29 is 8.83 Å². The topological polar surface area (TPSA) is 62.7 Å². The molecular formula is C22H19N3O2S. The molecule has 4 aromatic rings. The molecule has 1 aliphatic carbocycles. The average molecular weight is 389 g/mol. The van der Waals surface area contributed by atoms with E-state index in [1.165, 1.54) is 0 Å². The Labute approximate surface area is 167 Å². The summed E-state index contributed by atoms with van der Waals surface area (Å²) in [6.07, 6.45) is 4.07. The second-order valence-corrected chi connectivity index (χ2v) is 7.51. The van der Waals surface area contributed by atoms with Gasteiger partial charge in [-0.05, 0) is 54.7 Å². The average Bonchev–Trinajstić information content (AvgIpc) is 3.46. The lowest BCUT2D eigenvalue weighted by Crippen LogP contribution is -2.34. The summed E-state index contributed by atoms with van der Waals surface area (Å²) >= 11 is 5.28. The number of hydrogen-bond donors (Lipinski definition) is 2. The van der Waals surface area contributed by atoms with Gasteiger partial charge in [-0.2, -0.15) is 0 Å². The van der Waals surface area contributed by atoms with Gasteiger partial charge < -0.3 is 14.2 Å². The van der Waals surface area contributed by atoms with E-state index in [-0.39, 0.29) is 0 Å². The molecule has 0 radical (unpaired) electrons. The van der Waals surface area contributed by atoms with Crippen molar-refractivity contribution >= 4 is 39.3 Å². The third-order valence-corrected chi connectivity index (χ3v) is 5.12. The zero-order valence-electron chi connectivity index (χ0n) is 15.4. The fourth-order valence-electron chi connectivity index (χ4n) is 3.28. The monoisotopic (exact) mass is 389 g/mol. The van der Waals surface area contributed by atoms with E-state index in [4.69, 9.17) is 21.1 Å². The second-order valence-electron chi connectivity index (χ2n) is 7.10. The summed E-state index contributed by atoms with van der Waals surface area (Å²) < 4.78 is 11.7. The highest BCUT2D eigenvalue weighted by molar-refractivity contribution is 7.80. The van der Waals surface area contributed by atoms with Crippen molar-refractivity contribution in [3.05, 3.63) is 65.9 Å². The van der Waals surface area contributed by atoms with Crippen molar-refractivity contribution in [3.8, 4) is 11.1 Å². The molecule has 1 aliphatic rings. The Morgan fingerprint density at radius 3 is 2.68 bits per heavy atom. The van der Waals surface area contributed by atoms with Gasteiger partial charge in [0.2, 0.25) is 5.55 Å². The van der Waals surface area contributed by atoms with Gasteiger partial charge in [0.05, 0.1) is 6.26 Å². The molecule has 0 aliphatic heterocycles. The molecule has 1 saturated carbocycles. The molecule has 1 fully saturated rings. The predicted molar refractivity (Wildman–Crippen MR) is 114 cm³/mol. The van der Waals surface area contributed by atoms with Crippen molar-refractivity contribution in [3.63, 3.8) is 0 Å². The van der Waals surface area contributed by atoms with E-state index in [1.807, 2.05) is 37.3 Å². The van der Waals surface area contributed by atoms with Crippen LogP contribution in [0.15, 0.2) is 68.7 Å². The van der Waals surface area contributed by atoms with Crippen LogP contribution in [-0.2, 0) is 0 Å². The Morgan fingerprint density at radius 2 is 1.89 bits per heavy atom. The van der Waals surface area contributed by atoms with E-state index in [2.05, 4.69) is 34.0 Å². The van der Waals surface area contributed by atoms with Crippen molar-refractivity contribution in [2.75, 3.05) is 0 Å². The summed E-state index contributed by atoms with van der Waals surface area (Å²) in [6, 6.07) is 16.7. The minimum Gasteiger partial charge on any atom is -0.464 e. The highest BCUT2D eigenvalue weighted by Gasteiger charge is 2.21. The molecule has 0 amide bonds. The van der Waals surface area contributed by atoms with E-state index >= 15 is 0 Å². The van der Waals surface area contributed by atoms with Crippen LogP contribution in [-0.4, -0.2) is 11.2 Å². The number of nitrogens with zero attached hydrogens (tertiary/aromatic N) is 1. The molecular weight excluding hydrogens is 370 g/mol. The Morgan fingerprint density at radius 1 is 1.07 bits per heavy atom. The number of thiocarbonyl (C=S) groups is 1. The molecule has 0 spiro atoms. The van der Waals surface area contributed by atoms with Crippen LogP contribution in [0.3, 0.4) is 0 Å². The van der Waals surface area contributed by atoms with Crippen LogP contribution >= 0.6 is 12.2 Å². The van der Waals surface area contributed by atoms with E-state index in [9.17, 15) is 0 Å². The Hall–Kier alpha value is -3.12. The first-order valence-electron chi connectivity index (χ1n) is 9.29. The normalized spacial score (nSPS) is 14.5. The van der Waals surface area contributed by atoms with Crippen LogP contribution in [0.5, 0.6) is 0 Å². The third kappa shape index (κ3) is 3.27. The van der Waals surface area contributed by atoms with Crippen LogP contribution in [0, 0.1) is 6.92 Å². The first-order valence-corrected chi connectivity index (χ1v) is 9.69. The van der Waals surface area contributed by atoms with Crippen LogP contribution in [0.25, 0.3) is 33.1 Å². The molecule has 5 rings (SSSR count). The summed E-state index contributed by atoms with van der Waals surface area (Å²) in [4.78, 5) is 0. The van der Waals surface area contributed by atoms with Crippen molar-refractivity contribution in [2.24, 2.45) is 5.10 Å². The molecule has 2 aromatic heterocycles. The number of furan rings is 1. The van der Waals surface area contributed by atoms with E-state index in [1.54, 1.807) is 6.26 Å². The van der Waals surface area contributed by atoms with Crippen LogP contribution in [0.4, 0.5) is 0 Å². The van der Waals surface area contributed by atoms with E-state index in [0.717, 1.165) is 45.9 Å². The highest BCUT2D eigenvalue weighted by atomic mass is 32.1. The molecule has 0 saturated heterocycles. The summed E-state index contributed by atoms with van der Waals surface area (Å²) in [5.41, 5.74) is 8.09. The van der Waals surface area contributed by atoms with Crippen LogP contribution in [0.2, 0.25) is 0 Å². The van der Waals surface area contributed by atoms with Crippen molar-refractivity contribution in [1.82, 2.24) is 10.7 Å². The molecule has 2 aromatic carbocycles. The van der Waals surface area contributed by atoms with Gasteiger partial charge >= 0.3 is 0 Å². The fraction of sp³-hybridized carbons (Fsp3) is 0.182. The van der Waals surface area contributed by atoms with E-state index in [0.29, 0.717) is 22.3 Å². The SMILES string of the molecule is Cc1coc2cc3o/c(=N\NC(=S)NC4CC4)cc(-c4ccccc4)c3cc12. The lowest BCUT2D eigenvalue weighted by Gasteiger charge is -2.08. The first-order chi connectivity index (χ1) is 13.7. The van der Waals surface area contributed by atoms with Crippen molar-refractivity contribution in [2.45, 2.75) is 25.8 Å². The maximum Gasteiger partial charge on any atom is 0.237 e. The van der Waals surface area contributed by atoms with Crippen LogP contribution in [0.1, 0.15) is 18.4 Å². The molecule has 0 bridgehead atoms. The van der Waals surface area contributed by atoms with Gasteiger partial charge in [0, 0.05) is 28.9 Å². The van der Waals surface area contributed by atoms with E-state index < -0.39 is 0 Å². The Kier molecular flexibility index (Phi) is 4.13. The maximum atomic E-state index is 6.04. The van der Waals surface area contributed by atoms with Gasteiger partial charge in [-0.15, -0.1) is 5.10 Å². The molecule has 0 atom stereocenters. The number of benzene rings is 2. The van der Waals surface area contributed by atoms with Gasteiger partial charge in [-0.25, -0.2) is 0 Å². The quantitative estimate of drug-likeness (QED) is 0.396. The smallest absolute Gasteiger partial charge is 0.237 e. The predicted octanol–water partition coefficient (Wildman–Crippen LogP) is 4.60. The molecule has 6 heteroatoms. The number of nitrogens with one attached hydrogen (secondary N) is 2. The standard InChI is InChI=1S/C22H19N3O2S/c1-13-12-26-19-11-20-18(9-16(13)19)17(14-5-3-2-4-6-14)10-21(27-20)24-25-22(28)23-15-7-8-15/h2-6,9-12,15H,7-8H2,1H3,(H2,23,25,28)/b24-21-. The minimum atomic E-state index is 0.453. The van der Waals surface area contributed by atoms with Crippen LogP contribution < -0.4 is 16.3 Å². The molecule has 5 nitrogen and oxygen atoms in total.